The molecule has 10 heteroatoms. The van der Waals surface area contributed by atoms with Crippen LogP contribution in [0.5, 0.6) is 0 Å². The Hall–Kier alpha value is -3.14. The zero-order chi connectivity index (χ0) is 20.6. The second-order valence-corrected chi connectivity index (χ2v) is 6.40. The molecule has 0 saturated heterocycles. The summed E-state index contributed by atoms with van der Waals surface area (Å²) in [5.74, 6) is -1.13. The highest BCUT2D eigenvalue weighted by molar-refractivity contribution is 5.95. The molecule has 1 aromatic carbocycles. The van der Waals surface area contributed by atoms with Gasteiger partial charge in [-0.2, -0.15) is 13.2 Å². The molecule has 0 aliphatic carbocycles. The first-order valence-electron chi connectivity index (χ1n) is 8.37. The number of aromatic amines is 1. The molecule has 0 aliphatic heterocycles. The molecular weight excluding hydrogens is 375 g/mol. The summed E-state index contributed by atoms with van der Waals surface area (Å²) >= 11 is 0. The first-order chi connectivity index (χ1) is 13.1. The molecule has 3 rings (SSSR count). The molecule has 2 aromatic heterocycles. The Morgan fingerprint density at radius 2 is 2.07 bits per heavy atom. The van der Waals surface area contributed by atoms with Gasteiger partial charge in [0.15, 0.2) is 0 Å². The van der Waals surface area contributed by atoms with Gasteiger partial charge in [0.25, 0.3) is 0 Å². The molecule has 0 aliphatic rings. The highest BCUT2D eigenvalue weighted by Gasteiger charge is 2.27. The summed E-state index contributed by atoms with van der Waals surface area (Å²) < 4.78 is 37.6. The van der Waals surface area contributed by atoms with Gasteiger partial charge >= 0.3 is 12.1 Å². The summed E-state index contributed by atoms with van der Waals surface area (Å²) in [6.45, 7) is 1.97. The monoisotopic (exact) mass is 393 g/mol. The second-order valence-electron chi connectivity index (χ2n) is 6.40. The maximum absolute atomic E-state index is 12.5. The number of aromatic nitrogens is 3. The summed E-state index contributed by atoms with van der Waals surface area (Å²) in [6.07, 6.45) is -4.40. The van der Waals surface area contributed by atoms with E-state index in [1.807, 2.05) is 0 Å². The van der Waals surface area contributed by atoms with Crippen LogP contribution in [0.2, 0.25) is 0 Å². The van der Waals surface area contributed by atoms with Crippen LogP contribution in [0.25, 0.3) is 22.3 Å². The summed E-state index contributed by atoms with van der Waals surface area (Å²) in [6, 6.07) is 5.95. The van der Waals surface area contributed by atoms with Gasteiger partial charge in [0, 0.05) is 23.0 Å². The number of carboxylic acids is 1. The highest BCUT2D eigenvalue weighted by Crippen LogP contribution is 2.31. The van der Waals surface area contributed by atoms with Crippen molar-refractivity contribution in [2.75, 3.05) is 11.9 Å². The third kappa shape index (κ3) is 3.91. The Bertz CT molecular complexity index is 1040. The number of alkyl halides is 3. The predicted molar refractivity (Wildman–Crippen MR) is 98.2 cm³/mol. The molecule has 5 N–H and O–H groups in total. The fraction of sp³-hybridized carbons (Fsp3) is 0.278. The standard InChI is InChI=1S/C18H18F3N5O2/c1-8(22)14-11(17(27)28)6-13(25-14)10-4-3-5-12-15(10)26-16(9(2)24-12)23-7-18(19,20)21/h3-6,8,25H,7,22H2,1-2H3,(H,23,26)(H,27,28). The van der Waals surface area contributed by atoms with Gasteiger partial charge < -0.3 is 21.1 Å². The molecule has 0 spiro atoms. The first-order valence-corrected chi connectivity index (χ1v) is 8.37. The first kappa shape index (κ1) is 19.6. The number of halogens is 3. The Balaban J connectivity index is 2.14. The zero-order valence-corrected chi connectivity index (χ0v) is 15.1. The van der Waals surface area contributed by atoms with Crippen molar-refractivity contribution >= 4 is 22.8 Å². The van der Waals surface area contributed by atoms with Crippen LogP contribution in [0.3, 0.4) is 0 Å². The van der Waals surface area contributed by atoms with Gasteiger partial charge in [-0.1, -0.05) is 12.1 Å². The van der Waals surface area contributed by atoms with Crippen LogP contribution >= 0.6 is 0 Å². The number of aromatic carboxylic acids is 1. The average molecular weight is 393 g/mol. The molecule has 0 bridgehead atoms. The third-order valence-corrected chi connectivity index (χ3v) is 4.15. The fourth-order valence-electron chi connectivity index (χ4n) is 2.89. The van der Waals surface area contributed by atoms with Crippen molar-refractivity contribution < 1.29 is 23.1 Å². The zero-order valence-electron chi connectivity index (χ0n) is 15.1. The fourth-order valence-corrected chi connectivity index (χ4v) is 2.89. The van der Waals surface area contributed by atoms with E-state index < -0.39 is 24.7 Å². The molecule has 0 amide bonds. The van der Waals surface area contributed by atoms with E-state index in [1.165, 1.54) is 6.07 Å². The van der Waals surface area contributed by atoms with E-state index in [2.05, 4.69) is 20.3 Å². The van der Waals surface area contributed by atoms with E-state index in [9.17, 15) is 23.1 Å². The SMILES string of the molecule is Cc1nc2cccc(-c3cc(C(=O)O)c(C(C)N)[nH]3)c2nc1NCC(F)(F)F. The van der Waals surface area contributed by atoms with Crippen molar-refractivity contribution in [2.45, 2.75) is 26.1 Å². The van der Waals surface area contributed by atoms with Crippen LogP contribution in [-0.2, 0) is 0 Å². The highest BCUT2D eigenvalue weighted by atomic mass is 19.4. The number of para-hydroxylation sites is 1. The molecular formula is C18H18F3N5O2. The molecule has 148 valence electrons. The van der Waals surface area contributed by atoms with E-state index in [4.69, 9.17) is 5.73 Å². The van der Waals surface area contributed by atoms with Crippen molar-refractivity contribution in [1.29, 1.82) is 0 Å². The number of carbonyl (C=O) groups is 1. The number of H-pyrrole nitrogens is 1. The number of fused-ring (bicyclic) bond motifs is 1. The smallest absolute Gasteiger partial charge is 0.405 e. The molecule has 3 aromatic rings. The van der Waals surface area contributed by atoms with Crippen molar-refractivity contribution in [3.8, 4) is 11.3 Å². The Kier molecular flexibility index (Phi) is 4.99. The summed E-state index contributed by atoms with van der Waals surface area (Å²) in [7, 11) is 0. The topological polar surface area (TPSA) is 117 Å². The van der Waals surface area contributed by atoms with Gasteiger partial charge in [-0.05, 0) is 26.0 Å². The quantitative estimate of drug-likeness (QED) is 0.526. The number of rotatable bonds is 5. The number of benzene rings is 1. The maximum Gasteiger partial charge on any atom is 0.405 e. The van der Waals surface area contributed by atoms with Gasteiger partial charge in [0.1, 0.15) is 17.9 Å². The number of hydrogen-bond donors (Lipinski definition) is 4. The van der Waals surface area contributed by atoms with Gasteiger partial charge in [-0.15, -0.1) is 0 Å². The van der Waals surface area contributed by atoms with Gasteiger partial charge in [-0.25, -0.2) is 14.8 Å². The van der Waals surface area contributed by atoms with E-state index >= 15 is 0 Å². The normalized spacial score (nSPS) is 12.9. The maximum atomic E-state index is 12.5. The lowest BCUT2D eigenvalue weighted by atomic mass is 10.1. The van der Waals surface area contributed by atoms with Gasteiger partial charge in [-0.3, -0.25) is 0 Å². The van der Waals surface area contributed by atoms with Crippen LogP contribution in [0.1, 0.15) is 34.7 Å². The molecule has 0 saturated carbocycles. The van der Waals surface area contributed by atoms with E-state index in [-0.39, 0.29) is 11.4 Å². The number of nitrogens with zero attached hydrogens (tertiary/aromatic N) is 2. The number of nitrogens with two attached hydrogens (primary N) is 1. The van der Waals surface area contributed by atoms with Crippen molar-refractivity contribution in [1.82, 2.24) is 15.0 Å². The minimum atomic E-state index is -4.40. The molecule has 0 radical (unpaired) electrons. The summed E-state index contributed by atoms with van der Waals surface area (Å²) in [5.41, 5.74) is 8.29. The van der Waals surface area contributed by atoms with E-state index in [0.717, 1.165) is 0 Å². The van der Waals surface area contributed by atoms with E-state index in [1.54, 1.807) is 32.0 Å². The number of nitrogens with one attached hydrogen (secondary N) is 2. The average Bonchev–Trinajstić information content (AvgIpc) is 3.04. The van der Waals surface area contributed by atoms with Crippen LogP contribution in [-0.4, -0.2) is 38.7 Å². The Morgan fingerprint density at radius 3 is 2.64 bits per heavy atom. The molecule has 2 heterocycles. The van der Waals surface area contributed by atoms with Crippen LogP contribution < -0.4 is 11.1 Å². The van der Waals surface area contributed by atoms with Crippen LogP contribution in [0.15, 0.2) is 24.3 Å². The van der Waals surface area contributed by atoms with E-state index in [0.29, 0.717) is 33.7 Å². The minimum absolute atomic E-state index is 0.00899. The lowest BCUT2D eigenvalue weighted by Crippen LogP contribution is -2.22. The summed E-state index contributed by atoms with van der Waals surface area (Å²) in [4.78, 5) is 23.1. The molecule has 1 atom stereocenters. The largest absolute Gasteiger partial charge is 0.478 e. The molecule has 0 fully saturated rings. The number of aryl methyl sites for hydroxylation is 1. The lowest BCUT2D eigenvalue weighted by Gasteiger charge is -2.12. The predicted octanol–water partition coefficient (Wildman–Crippen LogP) is 3.63. The number of hydrogen-bond acceptors (Lipinski definition) is 5. The van der Waals surface area contributed by atoms with Crippen molar-refractivity contribution in [3.05, 3.63) is 41.2 Å². The summed E-state index contributed by atoms with van der Waals surface area (Å²) in [5, 5.41) is 11.6. The Morgan fingerprint density at radius 1 is 1.36 bits per heavy atom. The van der Waals surface area contributed by atoms with Crippen LogP contribution in [0, 0.1) is 6.92 Å². The van der Waals surface area contributed by atoms with Gasteiger partial charge in [0.2, 0.25) is 0 Å². The minimum Gasteiger partial charge on any atom is -0.478 e. The third-order valence-electron chi connectivity index (χ3n) is 4.15. The van der Waals surface area contributed by atoms with Crippen LogP contribution in [0.4, 0.5) is 19.0 Å². The van der Waals surface area contributed by atoms with Crippen molar-refractivity contribution in [3.63, 3.8) is 0 Å². The van der Waals surface area contributed by atoms with Gasteiger partial charge in [0.05, 0.1) is 16.8 Å². The second kappa shape index (κ2) is 7.12. The van der Waals surface area contributed by atoms with Crippen molar-refractivity contribution in [2.24, 2.45) is 5.73 Å². The molecule has 1 unspecified atom stereocenters. The lowest BCUT2D eigenvalue weighted by molar-refractivity contribution is -0.115. The number of anilines is 1. The number of carboxylic acid groups (broad SMARTS) is 1. The molecule has 7 nitrogen and oxygen atoms in total. The Labute approximate surface area is 157 Å². The molecule has 28 heavy (non-hydrogen) atoms.